The molecule has 0 aliphatic rings. The molecule has 1 aromatic carbocycles. The zero-order valence-corrected chi connectivity index (χ0v) is 7.11. The molecule has 0 radical (unpaired) electrons. The lowest BCUT2D eigenvalue weighted by Gasteiger charge is -1.97. The van der Waals surface area contributed by atoms with E-state index in [2.05, 4.69) is 12.6 Å². The number of hydrogen-bond donors (Lipinski definition) is 1. The second-order valence-corrected chi connectivity index (χ2v) is 2.68. The summed E-state index contributed by atoms with van der Waals surface area (Å²) in [5.41, 5.74) is 0.816. The van der Waals surface area contributed by atoms with E-state index in [0.29, 0.717) is 0 Å². The van der Waals surface area contributed by atoms with Gasteiger partial charge in [0.15, 0.2) is 0 Å². The van der Waals surface area contributed by atoms with Gasteiger partial charge in [0, 0.05) is 4.90 Å². The molecule has 0 bridgehead atoms. The smallest absolute Gasteiger partial charge is 0.123 e. The lowest BCUT2D eigenvalue weighted by atomic mass is 10.2. The average molecular weight is 168 g/mol. The molecule has 0 amide bonds. The molecular formula is C9H9FS. The third kappa shape index (κ3) is 2.09. The number of hydrogen-bond acceptors (Lipinski definition) is 1. The van der Waals surface area contributed by atoms with Gasteiger partial charge >= 0.3 is 0 Å². The van der Waals surface area contributed by atoms with Crippen molar-refractivity contribution < 1.29 is 4.39 Å². The van der Waals surface area contributed by atoms with Crippen LogP contribution in [0.3, 0.4) is 0 Å². The van der Waals surface area contributed by atoms with E-state index >= 15 is 0 Å². The quantitative estimate of drug-likeness (QED) is 0.612. The zero-order valence-electron chi connectivity index (χ0n) is 6.21. The molecule has 1 aromatic rings. The third-order valence-corrected chi connectivity index (χ3v) is 1.74. The summed E-state index contributed by atoms with van der Waals surface area (Å²) < 4.78 is 12.6. The lowest BCUT2D eigenvalue weighted by molar-refractivity contribution is 0.626. The molecule has 11 heavy (non-hydrogen) atoms. The Labute approximate surface area is 71.2 Å². The van der Waals surface area contributed by atoms with E-state index in [0.717, 1.165) is 10.5 Å². The summed E-state index contributed by atoms with van der Waals surface area (Å²) in [5.74, 6) is -0.226. The fourth-order valence-electron chi connectivity index (χ4n) is 0.838. The van der Waals surface area contributed by atoms with Crippen molar-refractivity contribution in [2.75, 3.05) is 0 Å². The van der Waals surface area contributed by atoms with Gasteiger partial charge in [0.25, 0.3) is 0 Å². The number of benzene rings is 1. The molecular weight excluding hydrogens is 159 g/mol. The van der Waals surface area contributed by atoms with Crippen LogP contribution in [-0.2, 0) is 0 Å². The summed E-state index contributed by atoms with van der Waals surface area (Å²) in [6.45, 7) is 1.89. The van der Waals surface area contributed by atoms with Crippen molar-refractivity contribution in [3.05, 3.63) is 35.7 Å². The van der Waals surface area contributed by atoms with Crippen LogP contribution in [0, 0.1) is 5.82 Å². The molecule has 0 atom stereocenters. The monoisotopic (exact) mass is 168 g/mol. The summed E-state index contributed by atoms with van der Waals surface area (Å²) in [5, 5.41) is 0. The van der Waals surface area contributed by atoms with Gasteiger partial charge in [-0.25, -0.2) is 4.39 Å². The highest BCUT2D eigenvalue weighted by Crippen LogP contribution is 2.16. The highest BCUT2D eigenvalue weighted by atomic mass is 32.1. The first-order valence-electron chi connectivity index (χ1n) is 3.35. The van der Waals surface area contributed by atoms with Gasteiger partial charge in [0.2, 0.25) is 0 Å². The Morgan fingerprint density at radius 2 is 2.18 bits per heavy atom. The van der Waals surface area contributed by atoms with E-state index < -0.39 is 0 Å². The summed E-state index contributed by atoms with van der Waals surface area (Å²) in [4.78, 5) is 0.796. The second-order valence-electron chi connectivity index (χ2n) is 2.20. The normalized spacial score (nSPS) is 10.8. The second kappa shape index (κ2) is 3.58. The van der Waals surface area contributed by atoms with Crippen LogP contribution in [0.2, 0.25) is 0 Å². The minimum absolute atomic E-state index is 0.226. The maximum atomic E-state index is 12.6. The Morgan fingerprint density at radius 1 is 1.45 bits per heavy atom. The molecule has 0 aromatic heterocycles. The minimum Gasteiger partial charge on any atom is -0.207 e. The first kappa shape index (κ1) is 8.34. The highest BCUT2D eigenvalue weighted by Gasteiger charge is 1.95. The Morgan fingerprint density at radius 3 is 2.82 bits per heavy atom. The van der Waals surface area contributed by atoms with Crippen LogP contribution in [0.4, 0.5) is 4.39 Å². The Kier molecular flexibility index (Phi) is 2.71. The maximum Gasteiger partial charge on any atom is 0.123 e. The highest BCUT2D eigenvalue weighted by molar-refractivity contribution is 7.80. The summed E-state index contributed by atoms with van der Waals surface area (Å²) in [7, 11) is 0. The van der Waals surface area contributed by atoms with E-state index in [-0.39, 0.29) is 5.82 Å². The van der Waals surface area contributed by atoms with Gasteiger partial charge in [-0.3, -0.25) is 0 Å². The Bertz CT molecular complexity index is 279. The number of halogens is 1. The van der Waals surface area contributed by atoms with Crippen LogP contribution in [0.5, 0.6) is 0 Å². The van der Waals surface area contributed by atoms with E-state index in [1.165, 1.54) is 12.1 Å². The van der Waals surface area contributed by atoms with Crippen molar-refractivity contribution in [2.24, 2.45) is 0 Å². The van der Waals surface area contributed by atoms with Crippen LogP contribution in [0.1, 0.15) is 12.5 Å². The standard InChI is InChI=1S/C9H9FS/c1-2-3-7-6-8(10)4-5-9(7)11/h2-6,11H,1H3/b3-2+. The van der Waals surface area contributed by atoms with Crippen LogP contribution in [-0.4, -0.2) is 0 Å². The van der Waals surface area contributed by atoms with Gasteiger partial charge in [-0.15, -0.1) is 12.6 Å². The Hall–Kier alpha value is -0.760. The van der Waals surface area contributed by atoms with Crippen molar-refractivity contribution in [2.45, 2.75) is 11.8 Å². The molecule has 0 N–H and O–H groups in total. The fraction of sp³-hybridized carbons (Fsp3) is 0.111. The van der Waals surface area contributed by atoms with Gasteiger partial charge in [0.1, 0.15) is 5.82 Å². The minimum atomic E-state index is -0.226. The van der Waals surface area contributed by atoms with Gasteiger partial charge in [0.05, 0.1) is 0 Å². The molecule has 58 valence electrons. The SMILES string of the molecule is C/C=C/c1cc(F)ccc1S. The average Bonchev–Trinajstić information content (AvgIpc) is 1.98. The Balaban J connectivity index is 3.12. The molecule has 0 fully saturated rings. The zero-order chi connectivity index (χ0) is 8.27. The van der Waals surface area contributed by atoms with E-state index in [4.69, 9.17) is 0 Å². The third-order valence-electron chi connectivity index (χ3n) is 1.34. The van der Waals surface area contributed by atoms with Gasteiger partial charge in [-0.05, 0) is 30.7 Å². The molecule has 0 saturated heterocycles. The van der Waals surface area contributed by atoms with Crippen molar-refractivity contribution in [1.29, 1.82) is 0 Å². The van der Waals surface area contributed by atoms with Crippen LogP contribution < -0.4 is 0 Å². The van der Waals surface area contributed by atoms with Crippen LogP contribution >= 0.6 is 12.6 Å². The van der Waals surface area contributed by atoms with Crippen molar-refractivity contribution in [3.8, 4) is 0 Å². The molecule has 2 heteroatoms. The molecule has 0 unspecified atom stereocenters. The fourth-order valence-corrected chi connectivity index (χ4v) is 1.05. The predicted octanol–water partition coefficient (Wildman–Crippen LogP) is 3.15. The number of rotatable bonds is 1. The van der Waals surface area contributed by atoms with Crippen LogP contribution in [0.15, 0.2) is 29.2 Å². The van der Waals surface area contributed by atoms with Gasteiger partial charge < -0.3 is 0 Å². The molecule has 0 heterocycles. The lowest BCUT2D eigenvalue weighted by Crippen LogP contribution is -1.78. The molecule has 1 rings (SSSR count). The topological polar surface area (TPSA) is 0 Å². The van der Waals surface area contributed by atoms with Crippen molar-refractivity contribution >= 4 is 18.7 Å². The van der Waals surface area contributed by atoms with E-state index in [9.17, 15) is 4.39 Å². The molecule has 0 aliphatic carbocycles. The summed E-state index contributed by atoms with van der Waals surface area (Å²) in [6.07, 6.45) is 3.68. The van der Waals surface area contributed by atoms with Crippen molar-refractivity contribution in [1.82, 2.24) is 0 Å². The summed E-state index contributed by atoms with van der Waals surface area (Å²) in [6, 6.07) is 4.51. The molecule has 0 spiro atoms. The van der Waals surface area contributed by atoms with Crippen LogP contribution in [0.25, 0.3) is 6.08 Å². The molecule has 0 aliphatic heterocycles. The molecule has 0 saturated carbocycles. The van der Waals surface area contributed by atoms with E-state index in [1.54, 1.807) is 6.07 Å². The maximum absolute atomic E-state index is 12.6. The first-order valence-corrected chi connectivity index (χ1v) is 3.80. The van der Waals surface area contributed by atoms with Gasteiger partial charge in [-0.2, -0.15) is 0 Å². The van der Waals surface area contributed by atoms with Crippen molar-refractivity contribution in [3.63, 3.8) is 0 Å². The summed E-state index contributed by atoms with van der Waals surface area (Å²) >= 11 is 4.16. The predicted molar refractivity (Wildman–Crippen MR) is 48.4 cm³/mol. The largest absolute Gasteiger partial charge is 0.207 e. The number of thiol groups is 1. The first-order chi connectivity index (χ1) is 5.24. The van der Waals surface area contributed by atoms with Gasteiger partial charge in [-0.1, -0.05) is 12.2 Å². The molecule has 0 nitrogen and oxygen atoms in total. The van der Waals surface area contributed by atoms with E-state index in [1.807, 2.05) is 19.1 Å². The number of allylic oxidation sites excluding steroid dienone is 1.